The van der Waals surface area contributed by atoms with Gasteiger partial charge in [-0.1, -0.05) is 13.8 Å². The Morgan fingerprint density at radius 1 is 1.11 bits per heavy atom. The zero-order chi connectivity index (χ0) is 25.5. The molecule has 35 heavy (non-hydrogen) atoms. The second-order valence-electron chi connectivity index (χ2n) is 11.1. The van der Waals surface area contributed by atoms with Gasteiger partial charge in [0.05, 0.1) is 5.69 Å². The quantitative estimate of drug-likeness (QED) is 0.667. The molecule has 0 saturated carbocycles. The number of aryl methyl sites for hydroxylation is 2. The van der Waals surface area contributed by atoms with Gasteiger partial charge in [0.15, 0.2) is 0 Å². The average molecular weight is 482 g/mol. The lowest BCUT2D eigenvalue weighted by molar-refractivity contribution is 0.00214. The molecule has 0 bridgehead atoms. The number of anilines is 1. The SMILES string of the molecule is Cc1cc(-c2ccc(N3CCN4CCN(C(=O)OC(C)(C)C)CC4C3)nc2C(C)C)cn(C)c1=O. The van der Waals surface area contributed by atoms with Crippen molar-refractivity contribution in [2.75, 3.05) is 44.2 Å². The lowest BCUT2D eigenvalue weighted by Gasteiger charge is -2.47. The highest BCUT2D eigenvalue weighted by Crippen LogP contribution is 2.31. The Balaban J connectivity index is 1.55. The van der Waals surface area contributed by atoms with E-state index in [1.165, 1.54) is 0 Å². The minimum Gasteiger partial charge on any atom is -0.444 e. The molecule has 4 rings (SSSR count). The van der Waals surface area contributed by atoms with Crippen molar-refractivity contribution in [2.24, 2.45) is 7.05 Å². The van der Waals surface area contributed by atoms with E-state index in [1.807, 2.05) is 44.9 Å². The second kappa shape index (κ2) is 9.64. The number of amides is 1. The van der Waals surface area contributed by atoms with Gasteiger partial charge in [-0.15, -0.1) is 0 Å². The van der Waals surface area contributed by atoms with Gasteiger partial charge in [-0.3, -0.25) is 9.69 Å². The Morgan fingerprint density at radius 3 is 2.49 bits per heavy atom. The van der Waals surface area contributed by atoms with Crippen LogP contribution in [-0.4, -0.2) is 76.4 Å². The number of carbonyl (C=O) groups is 1. The van der Waals surface area contributed by atoms with Crippen LogP contribution in [0.2, 0.25) is 0 Å². The molecule has 1 amide bonds. The van der Waals surface area contributed by atoms with E-state index in [0.717, 1.165) is 54.4 Å². The fourth-order valence-electron chi connectivity index (χ4n) is 5.01. The predicted molar refractivity (Wildman–Crippen MR) is 139 cm³/mol. The molecule has 2 aliphatic rings. The van der Waals surface area contributed by atoms with Gasteiger partial charge in [0.1, 0.15) is 11.4 Å². The van der Waals surface area contributed by atoms with Crippen LogP contribution in [0.15, 0.2) is 29.2 Å². The summed E-state index contributed by atoms with van der Waals surface area (Å²) in [5.74, 6) is 1.20. The van der Waals surface area contributed by atoms with Crippen LogP contribution in [-0.2, 0) is 11.8 Å². The van der Waals surface area contributed by atoms with E-state index < -0.39 is 5.60 Å². The Morgan fingerprint density at radius 2 is 1.83 bits per heavy atom. The van der Waals surface area contributed by atoms with Crippen LogP contribution in [0.1, 0.15) is 51.8 Å². The van der Waals surface area contributed by atoms with Gasteiger partial charge in [0, 0.05) is 75.2 Å². The van der Waals surface area contributed by atoms with Gasteiger partial charge in [0.25, 0.3) is 5.56 Å². The van der Waals surface area contributed by atoms with Crippen molar-refractivity contribution in [3.8, 4) is 11.1 Å². The lowest BCUT2D eigenvalue weighted by Crippen LogP contribution is -2.63. The van der Waals surface area contributed by atoms with E-state index in [2.05, 4.69) is 35.8 Å². The third-order valence-electron chi connectivity index (χ3n) is 6.80. The fourth-order valence-corrected chi connectivity index (χ4v) is 5.01. The molecule has 0 N–H and O–H groups in total. The maximum absolute atomic E-state index is 12.6. The minimum atomic E-state index is -0.491. The minimum absolute atomic E-state index is 0.0233. The number of hydrogen-bond acceptors (Lipinski definition) is 6. The van der Waals surface area contributed by atoms with Crippen molar-refractivity contribution in [3.05, 3.63) is 46.0 Å². The largest absolute Gasteiger partial charge is 0.444 e. The first-order chi connectivity index (χ1) is 16.4. The molecular weight excluding hydrogens is 442 g/mol. The highest BCUT2D eigenvalue weighted by Gasteiger charge is 2.35. The summed E-state index contributed by atoms with van der Waals surface area (Å²) in [7, 11) is 1.79. The predicted octanol–water partition coefficient (Wildman–Crippen LogP) is 3.62. The van der Waals surface area contributed by atoms with Crippen molar-refractivity contribution < 1.29 is 9.53 Å². The van der Waals surface area contributed by atoms with Gasteiger partial charge < -0.3 is 19.1 Å². The van der Waals surface area contributed by atoms with E-state index in [9.17, 15) is 9.59 Å². The maximum Gasteiger partial charge on any atom is 0.410 e. The summed E-state index contributed by atoms with van der Waals surface area (Å²) in [5.41, 5.74) is 3.37. The molecule has 2 aliphatic heterocycles. The number of carbonyl (C=O) groups excluding carboxylic acids is 1. The average Bonchev–Trinajstić information content (AvgIpc) is 2.80. The maximum atomic E-state index is 12.6. The zero-order valence-electron chi connectivity index (χ0n) is 22.2. The molecule has 0 aliphatic carbocycles. The smallest absolute Gasteiger partial charge is 0.410 e. The van der Waals surface area contributed by atoms with E-state index in [4.69, 9.17) is 9.72 Å². The van der Waals surface area contributed by atoms with Crippen molar-refractivity contribution in [3.63, 3.8) is 0 Å². The second-order valence-corrected chi connectivity index (χ2v) is 11.1. The molecule has 2 saturated heterocycles. The number of fused-ring (bicyclic) bond motifs is 1. The van der Waals surface area contributed by atoms with Gasteiger partial charge in [-0.2, -0.15) is 0 Å². The summed E-state index contributed by atoms with van der Waals surface area (Å²) < 4.78 is 7.25. The number of ether oxygens (including phenoxy) is 1. The van der Waals surface area contributed by atoms with Crippen LogP contribution in [0, 0.1) is 6.92 Å². The third-order valence-corrected chi connectivity index (χ3v) is 6.80. The standard InChI is InChI=1S/C27H39N5O3/c1-18(2)24-22(20-14-19(3)25(33)29(7)15-20)8-9-23(28-24)31-12-10-30-11-13-32(17-21(30)16-31)26(34)35-27(4,5)6/h8-9,14-15,18,21H,10-13,16-17H2,1-7H3. The molecule has 4 heterocycles. The van der Waals surface area contributed by atoms with Crippen molar-refractivity contribution in [1.82, 2.24) is 19.4 Å². The third kappa shape index (κ3) is 5.53. The summed E-state index contributed by atoms with van der Waals surface area (Å²) in [6, 6.07) is 6.43. The molecule has 1 atom stereocenters. The summed E-state index contributed by atoms with van der Waals surface area (Å²) in [6.45, 7) is 16.8. The summed E-state index contributed by atoms with van der Waals surface area (Å²) in [6.07, 6.45) is 1.66. The number of nitrogens with zero attached hydrogens (tertiary/aromatic N) is 5. The van der Waals surface area contributed by atoms with E-state index >= 15 is 0 Å². The molecule has 0 aromatic carbocycles. The Bertz CT molecular complexity index is 1120. The number of pyridine rings is 2. The van der Waals surface area contributed by atoms with Crippen LogP contribution in [0.3, 0.4) is 0 Å². The molecule has 8 nitrogen and oxygen atoms in total. The zero-order valence-corrected chi connectivity index (χ0v) is 22.2. The molecular formula is C27H39N5O3. The molecule has 1 unspecified atom stereocenters. The summed E-state index contributed by atoms with van der Waals surface area (Å²) >= 11 is 0. The monoisotopic (exact) mass is 481 g/mol. The van der Waals surface area contributed by atoms with Gasteiger partial charge in [0.2, 0.25) is 0 Å². The lowest BCUT2D eigenvalue weighted by atomic mass is 9.97. The summed E-state index contributed by atoms with van der Waals surface area (Å²) in [4.78, 5) is 36.6. The topological polar surface area (TPSA) is 70.9 Å². The molecule has 2 aromatic heterocycles. The summed E-state index contributed by atoms with van der Waals surface area (Å²) in [5, 5.41) is 0. The molecule has 0 spiro atoms. The van der Waals surface area contributed by atoms with Gasteiger partial charge in [-0.25, -0.2) is 9.78 Å². The van der Waals surface area contributed by atoms with E-state index in [-0.39, 0.29) is 23.6 Å². The van der Waals surface area contributed by atoms with Crippen LogP contribution >= 0.6 is 0 Å². The molecule has 190 valence electrons. The number of hydrogen-bond donors (Lipinski definition) is 0. The first kappa shape index (κ1) is 25.2. The first-order valence-electron chi connectivity index (χ1n) is 12.6. The number of rotatable bonds is 3. The molecule has 2 aromatic rings. The highest BCUT2D eigenvalue weighted by atomic mass is 16.6. The molecule has 0 radical (unpaired) electrons. The number of aromatic nitrogens is 2. The van der Waals surface area contributed by atoms with Gasteiger partial charge >= 0.3 is 6.09 Å². The van der Waals surface area contributed by atoms with Gasteiger partial charge in [-0.05, 0) is 51.8 Å². The fraction of sp³-hybridized carbons (Fsp3) is 0.593. The van der Waals surface area contributed by atoms with Crippen LogP contribution in [0.25, 0.3) is 11.1 Å². The van der Waals surface area contributed by atoms with Crippen molar-refractivity contribution in [2.45, 2.75) is 59.1 Å². The van der Waals surface area contributed by atoms with Crippen molar-refractivity contribution >= 4 is 11.9 Å². The van der Waals surface area contributed by atoms with E-state index in [1.54, 1.807) is 11.6 Å². The molecule has 8 heteroatoms. The van der Waals surface area contributed by atoms with Crippen LogP contribution < -0.4 is 10.5 Å². The van der Waals surface area contributed by atoms with Crippen LogP contribution in [0.5, 0.6) is 0 Å². The Kier molecular flexibility index (Phi) is 6.95. The molecule has 2 fully saturated rings. The Labute approximate surface area is 208 Å². The van der Waals surface area contributed by atoms with E-state index in [0.29, 0.717) is 13.1 Å². The highest BCUT2D eigenvalue weighted by molar-refractivity contribution is 5.69. The van der Waals surface area contributed by atoms with Crippen LogP contribution in [0.4, 0.5) is 10.6 Å². The number of piperazine rings is 2. The normalized spacial score (nSPS) is 19.1. The van der Waals surface area contributed by atoms with Crippen molar-refractivity contribution in [1.29, 1.82) is 0 Å². The Hall–Kier alpha value is -2.87. The first-order valence-corrected chi connectivity index (χ1v) is 12.6.